The summed E-state index contributed by atoms with van der Waals surface area (Å²) in [6.45, 7) is 4.68. The van der Waals surface area contributed by atoms with E-state index in [-0.39, 0.29) is 5.41 Å². The van der Waals surface area contributed by atoms with Gasteiger partial charge in [0.15, 0.2) is 0 Å². The zero-order chi connectivity index (χ0) is 30.6. The summed E-state index contributed by atoms with van der Waals surface area (Å²) in [5.74, 6) is 0. The summed E-state index contributed by atoms with van der Waals surface area (Å²) < 4.78 is 9.26. The molecule has 218 valence electrons. The van der Waals surface area contributed by atoms with Crippen LogP contribution >= 0.6 is 11.3 Å². The molecule has 0 bridgehead atoms. The number of hydrogen-bond acceptors (Lipinski definition) is 3. The number of fused-ring (bicyclic) bond motifs is 12. The summed E-state index contributed by atoms with van der Waals surface area (Å²) in [5.41, 5.74) is 10.5. The van der Waals surface area contributed by atoms with E-state index in [0.717, 1.165) is 33.6 Å². The molecule has 0 unspecified atom stereocenters. The molecule has 0 radical (unpaired) electrons. The van der Waals surface area contributed by atoms with Crippen LogP contribution in [0.5, 0.6) is 0 Å². The summed E-state index contributed by atoms with van der Waals surface area (Å²) in [6, 6.07) is 50.7. The maximum Gasteiger partial charge on any atom is 0.137 e. The number of benzene rings is 7. The molecular weight excluding hydrogens is 579 g/mol. The summed E-state index contributed by atoms with van der Waals surface area (Å²) in [4.78, 5) is 2.35. The van der Waals surface area contributed by atoms with Crippen LogP contribution < -0.4 is 4.90 Å². The maximum absolute atomic E-state index is 6.64. The highest BCUT2D eigenvalue weighted by molar-refractivity contribution is 7.27. The number of furan rings is 1. The Morgan fingerprint density at radius 1 is 0.500 bits per heavy atom. The van der Waals surface area contributed by atoms with Crippen molar-refractivity contribution in [3.63, 3.8) is 0 Å². The van der Waals surface area contributed by atoms with Crippen molar-refractivity contribution in [1.29, 1.82) is 0 Å². The molecular formula is C43H29NOS. The summed E-state index contributed by atoms with van der Waals surface area (Å²) in [7, 11) is 0. The van der Waals surface area contributed by atoms with E-state index in [1.165, 1.54) is 58.6 Å². The van der Waals surface area contributed by atoms with Crippen LogP contribution in [-0.4, -0.2) is 0 Å². The van der Waals surface area contributed by atoms with Crippen LogP contribution in [0.2, 0.25) is 0 Å². The van der Waals surface area contributed by atoms with E-state index in [9.17, 15) is 0 Å². The van der Waals surface area contributed by atoms with E-state index in [1.54, 1.807) is 0 Å². The number of thiophene rings is 1. The minimum absolute atomic E-state index is 0.0755. The molecule has 0 saturated heterocycles. The zero-order valence-corrected chi connectivity index (χ0v) is 26.4. The molecule has 2 aromatic heterocycles. The first-order valence-corrected chi connectivity index (χ1v) is 16.7. The van der Waals surface area contributed by atoms with Gasteiger partial charge in [0.25, 0.3) is 0 Å². The first kappa shape index (κ1) is 25.9. The number of anilines is 3. The average Bonchev–Trinajstić information content (AvgIpc) is 3.73. The second-order valence-electron chi connectivity index (χ2n) is 12.9. The van der Waals surface area contributed by atoms with Gasteiger partial charge in [0, 0.05) is 59.5 Å². The van der Waals surface area contributed by atoms with Crippen LogP contribution in [0.25, 0.3) is 64.0 Å². The van der Waals surface area contributed by atoms with Crippen LogP contribution in [0.3, 0.4) is 0 Å². The fraction of sp³-hybridized carbons (Fsp3) is 0.0698. The third kappa shape index (κ3) is 3.52. The highest BCUT2D eigenvalue weighted by atomic mass is 32.1. The van der Waals surface area contributed by atoms with E-state index in [4.69, 9.17) is 4.42 Å². The van der Waals surface area contributed by atoms with Gasteiger partial charge in [0.2, 0.25) is 0 Å². The van der Waals surface area contributed by atoms with Gasteiger partial charge in [-0.25, -0.2) is 0 Å². The minimum atomic E-state index is -0.0755. The van der Waals surface area contributed by atoms with Gasteiger partial charge in [0.05, 0.1) is 0 Å². The average molecular weight is 608 g/mol. The molecule has 7 aromatic carbocycles. The van der Waals surface area contributed by atoms with Gasteiger partial charge in [-0.15, -0.1) is 11.3 Å². The lowest BCUT2D eigenvalue weighted by Gasteiger charge is -2.28. The smallest absolute Gasteiger partial charge is 0.137 e. The van der Waals surface area contributed by atoms with Gasteiger partial charge < -0.3 is 9.32 Å². The topological polar surface area (TPSA) is 16.4 Å². The second-order valence-corrected chi connectivity index (χ2v) is 14.0. The van der Waals surface area contributed by atoms with Crippen molar-refractivity contribution < 1.29 is 4.42 Å². The molecule has 1 aliphatic rings. The van der Waals surface area contributed by atoms with Crippen molar-refractivity contribution in [2.75, 3.05) is 4.90 Å². The summed E-state index contributed by atoms with van der Waals surface area (Å²) in [5, 5.41) is 7.54. The second kappa shape index (κ2) is 9.32. The van der Waals surface area contributed by atoms with Crippen LogP contribution in [0.4, 0.5) is 17.1 Å². The molecule has 1 aliphatic carbocycles. The Morgan fingerprint density at radius 3 is 2.11 bits per heavy atom. The highest BCUT2D eigenvalue weighted by Gasteiger charge is 2.35. The van der Waals surface area contributed by atoms with Gasteiger partial charge in [-0.1, -0.05) is 98.8 Å². The molecule has 3 heteroatoms. The number of para-hydroxylation sites is 1. The Bertz CT molecular complexity index is 2680. The van der Waals surface area contributed by atoms with E-state index in [2.05, 4.69) is 158 Å². The normalized spacial score (nSPS) is 13.6. The van der Waals surface area contributed by atoms with Crippen molar-refractivity contribution in [2.24, 2.45) is 0 Å². The fourth-order valence-electron chi connectivity index (χ4n) is 7.81. The molecule has 2 heterocycles. The Morgan fingerprint density at radius 2 is 1.20 bits per heavy atom. The molecule has 10 rings (SSSR count). The lowest BCUT2D eigenvalue weighted by Crippen LogP contribution is -2.16. The molecule has 0 spiro atoms. The highest BCUT2D eigenvalue weighted by Crippen LogP contribution is 2.51. The van der Waals surface area contributed by atoms with Crippen molar-refractivity contribution in [1.82, 2.24) is 0 Å². The Hall–Kier alpha value is -5.38. The van der Waals surface area contributed by atoms with Gasteiger partial charge in [-0.2, -0.15) is 0 Å². The monoisotopic (exact) mass is 607 g/mol. The summed E-state index contributed by atoms with van der Waals surface area (Å²) >= 11 is 1.88. The molecule has 0 atom stereocenters. The SMILES string of the molecule is CC1(C)c2ccccc2-c2ccc(N(c3ccccc3)c3ccc4c(c3)oc3ccc5c6ccc7ccccc7c6sc5c34)cc21. The van der Waals surface area contributed by atoms with Crippen LogP contribution in [0, 0.1) is 0 Å². The molecule has 46 heavy (non-hydrogen) atoms. The quantitative estimate of drug-likeness (QED) is 0.199. The third-order valence-corrected chi connectivity index (χ3v) is 11.3. The van der Waals surface area contributed by atoms with E-state index in [1.807, 2.05) is 11.3 Å². The first-order chi connectivity index (χ1) is 22.6. The minimum Gasteiger partial charge on any atom is -0.456 e. The number of hydrogen-bond donors (Lipinski definition) is 0. The van der Waals surface area contributed by atoms with Gasteiger partial charge in [0.1, 0.15) is 11.2 Å². The lowest BCUT2D eigenvalue weighted by atomic mass is 9.82. The molecule has 0 aliphatic heterocycles. The molecule has 2 nitrogen and oxygen atoms in total. The predicted octanol–water partition coefficient (Wildman–Crippen LogP) is 12.9. The van der Waals surface area contributed by atoms with Gasteiger partial charge in [-0.3, -0.25) is 0 Å². The van der Waals surface area contributed by atoms with Gasteiger partial charge >= 0.3 is 0 Å². The fourth-order valence-corrected chi connectivity index (χ4v) is 9.19. The first-order valence-electron chi connectivity index (χ1n) is 15.9. The van der Waals surface area contributed by atoms with Crippen LogP contribution in [-0.2, 0) is 5.41 Å². The van der Waals surface area contributed by atoms with E-state index >= 15 is 0 Å². The lowest BCUT2D eigenvalue weighted by molar-refractivity contribution is 0.660. The molecule has 0 saturated carbocycles. The largest absolute Gasteiger partial charge is 0.456 e. The third-order valence-electron chi connectivity index (χ3n) is 10.0. The van der Waals surface area contributed by atoms with E-state index in [0.29, 0.717) is 0 Å². The number of nitrogens with zero attached hydrogens (tertiary/aromatic N) is 1. The van der Waals surface area contributed by atoms with Crippen molar-refractivity contribution >= 4 is 81.3 Å². The Labute approximate surface area is 270 Å². The Kier molecular flexibility index (Phi) is 5.25. The van der Waals surface area contributed by atoms with Crippen molar-refractivity contribution in [2.45, 2.75) is 19.3 Å². The Balaban J connectivity index is 1.17. The molecule has 0 N–H and O–H groups in total. The molecule has 9 aromatic rings. The van der Waals surface area contributed by atoms with Crippen LogP contribution in [0.15, 0.2) is 144 Å². The predicted molar refractivity (Wildman–Crippen MR) is 196 cm³/mol. The van der Waals surface area contributed by atoms with Crippen molar-refractivity contribution in [3.8, 4) is 11.1 Å². The standard InChI is InChI=1S/C43H29NOS/c1-43(2)36-15-9-8-14-31(36)32-20-17-28(24-37(32)43)44(27-11-4-3-5-12-27)29-18-21-35-39(25-29)45-38-23-22-34-33-19-16-26-10-6-7-13-30(26)41(33)46-42(34)40(35)38/h3-25H,1-2H3. The summed E-state index contributed by atoms with van der Waals surface area (Å²) in [6.07, 6.45) is 0. The molecule has 0 amide bonds. The van der Waals surface area contributed by atoms with Crippen molar-refractivity contribution in [3.05, 3.63) is 151 Å². The zero-order valence-electron chi connectivity index (χ0n) is 25.5. The number of rotatable bonds is 3. The van der Waals surface area contributed by atoms with E-state index < -0.39 is 0 Å². The maximum atomic E-state index is 6.64. The van der Waals surface area contributed by atoms with Gasteiger partial charge in [-0.05, 0) is 81.6 Å². The van der Waals surface area contributed by atoms with Crippen LogP contribution in [0.1, 0.15) is 25.0 Å². The molecule has 0 fully saturated rings.